The molecule has 0 saturated carbocycles. The van der Waals surface area contributed by atoms with E-state index < -0.39 is 10.8 Å². The molecule has 0 amide bonds. The Morgan fingerprint density at radius 1 is 1.25 bits per heavy atom. The fraction of sp³-hybridized carbons (Fsp3) is 0.0714. The highest BCUT2D eigenvalue weighted by Gasteiger charge is 2.14. The van der Waals surface area contributed by atoms with Gasteiger partial charge in [0.1, 0.15) is 22.1 Å². The lowest BCUT2D eigenvalue weighted by Gasteiger charge is -1.98. The van der Waals surface area contributed by atoms with Gasteiger partial charge in [0.25, 0.3) is 5.22 Å². The Balaban J connectivity index is 1.88. The van der Waals surface area contributed by atoms with Gasteiger partial charge in [0.2, 0.25) is 0 Å². The van der Waals surface area contributed by atoms with Gasteiger partial charge >= 0.3 is 0 Å². The third-order valence-electron chi connectivity index (χ3n) is 2.77. The van der Waals surface area contributed by atoms with Crippen LogP contribution in [-0.2, 0) is 16.6 Å². The zero-order chi connectivity index (χ0) is 14.1. The summed E-state index contributed by atoms with van der Waals surface area (Å²) in [5, 5.41) is 0.120. The number of rotatable bonds is 3. The van der Waals surface area contributed by atoms with Crippen LogP contribution >= 0.6 is 0 Å². The van der Waals surface area contributed by atoms with E-state index in [1.54, 1.807) is 30.3 Å². The number of fused-ring (bicyclic) bond motifs is 1. The number of aromatic nitrogens is 1. The maximum absolute atomic E-state index is 13.1. The molecule has 0 fully saturated rings. The van der Waals surface area contributed by atoms with Gasteiger partial charge in [0.15, 0.2) is 5.58 Å². The second-order valence-corrected chi connectivity index (χ2v) is 5.66. The van der Waals surface area contributed by atoms with Crippen LogP contribution in [0.25, 0.3) is 11.1 Å². The molecule has 0 bridgehead atoms. The molecule has 2 N–H and O–H groups in total. The SMILES string of the molecule is Nc1ccc2oc(S(=O)Cc3cccc(F)c3)nc2c1. The van der Waals surface area contributed by atoms with E-state index in [9.17, 15) is 8.60 Å². The number of benzene rings is 2. The molecule has 1 heterocycles. The van der Waals surface area contributed by atoms with Gasteiger partial charge in [-0.1, -0.05) is 12.1 Å². The van der Waals surface area contributed by atoms with Crippen molar-refractivity contribution >= 4 is 27.6 Å². The predicted octanol–water partition coefficient (Wildman–Crippen LogP) is 2.86. The largest absolute Gasteiger partial charge is 0.430 e. The summed E-state index contributed by atoms with van der Waals surface area (Å²) in [6.07, 6.45) is 0. The van der Waals surface area contributed by atoms with Crippen LogP contribution in [0.4, 0.5) is 10.1 Å². The van der Waals surface area contributed by atoms with E-state index in [4.69, 9.17) is 10.2 Å². The molecule has 3 rings (SSSR count). The highest BCUT2D eigenvalue weighted by Crippen LogP contribution is 2.21. The van der Waals surface area contributed by atoms with E-state index in [0.717, 1.165) is 0 Å². The van der Waals surface area contributed by atoms with Gasteiger partial charge < -0.3 is 10.2 Å². The molecule has 4 nitrogen and oxygen atoms in total. The number of anilines is 1. The molecule has 0 spiro atoms. The molecule has 102 valence electrons. The van der Waals surface area contributed by atoms with Crippen molar-refractivity contribution in [2.45, 2.75) is 11.0 Å². The van der Waals surface area contributed by atoms with Crippen molar-refractivity contribution in [1.82, 2.24) is 4.98 Å². The van der Waals surface area contributed by atoms with Crippen molar-refractivity contribution < 1.29 is 13.0 Å². The van der Waals surface area contributed by atoms with E-state index in [2.05, 4.69) is 4.98 Å². The Kier molecular flexibility index (Phi) is 3.23. The number of nitrogen functional groups attached to an aromatic ring is 1. The summed E-state index contributed by atoms with van der Waals surface area (Å²) >= 11 is 0. The van der Waals surface area contributed by atoms with Crippen LogP contribution in [0.3, 0.4) is 0 Å². The number of halogens is 1. The molecule has 0 aliphatic rings. The van der Waals surface area contributed by atoms with Gasteiger partial charge in [0, 0.05) is 5.69 Å². The quantitative estimate of drug-likeness (QED) is 0.753. The zero-order valence-electron chi connectivity index (χ0n) is 10.4. The smallest absolute Gasteiger partial charge is 0.288 e. The first-order valence-electron chi connectivity index (χ1n) is 5.91. The average molecular weight is 290 g/mol. The molecular weight excluding hydrogens is 279 g/mol. The number of oxazole rings is 1. The maximum Gasteiger partial charge on any atom is 0.288 e. The molecule has 1 unspecified atom stereocenters. The minimum atomic E-state index is -1.47. The van der Waals surface area contributed by atoms with Gasteiger partial charge in [-0.25, -0.2) is 13.6 Å². The lowest BCUT2D eigenvalue weighted by atomic mass is 10.2. The van der Waals surface area contributed by atoms with E-state index >= 15 is 0 Å². The van der Waals surface area contributed by atoms with E-state index in [0.29, 0.717) is 22.4 Å². The van der Waals surface area contributed by atoms with Gasteiger partial charge in [-0.2, -0.15) is 0 Å². The van der Waals surface area contributed by atoms with Gasteiger partial charge in [-0.05, 0) is 35.9 Å². The van der Waals surface area contributed by atoms with Crippen molar-refractivity contribution in [2.24, 2.45) is 0 Å². The Labute approximate surface area is 116 Å². The van der Waals surface area contributed by atoms with Gasteiger partial charge in [-0.3, -0.25) is 0 Å². The van der Waals surface area contributed by atoms with Crippen LogP contribution in [0.1, 0.15) is 5.56 Å². The molecule has 3 aromatic rings. The monoisotopic (exact) mass is 290 g/mol. The Morgan fingerprint density at radius 3 is 2.90 bits per heavy atom. The highest BCUT2D eigenvalue weighted by molar-refractivity contribution is 7.84. The molecule has 0 aliphatic heterocycles. The van der Waals surface area contributed by atoms with E-state index in [1.165, 1.54) is 12.1 Å². The number of hydrogen-bond acceptors (Lipinski definition) is 4. The standard InChI is InChI=1S/C14H11FN2O2S/c15-10-3-1-2-9(6-10)8-20(18)14-17-12-7-11(16)4-5-13(12)19-14/h1-7H,8,16H2. The second kappa shape index (κ2) is 5.05. The normalized spacial score (nSPS) is 12.7. The van der Waals surface area contributed by atoms with Crippen LogP contribution in [-0.4, -0.2) is 9.19 Å². The molecule has 0 aliphatic carbocycles. The molecule has 6 heteroatoms. The molecule has 0 saturated heterocycles. The van der Waals surface area contributed by atoms with Crippen LogP contribution < -0.4 is 5.73 Å². The number of nitrogens with two attached hydrogens (primary N) is 1. The summed E-state index contributed by atoms with van der Waals surface area (Å²) in [5.74, 6) is -0.204. The minimum absolute atomic E-state index is 0.120. The first kappa shape index (κ1) is 12.8. The third-order valence-corrected chi connectivity index (χ3v) is 3.93. The van der Waals surface area contributed by atoms with E-state index in [-0.39, 0.29) is 16.8 Å². The fourth-order valence-corrected chi connectivity index (χ4v) is 2.85. The summed E-state index contributed by atoms with van der Waals surface area (Å²) < 4.78 is 30.7. The lowest BCUT2D eigenvalue weighted by Crippen LogP contribution is -1.97. The molecule has 1 atom stereocenters. The summed E-state index contributed by atoms with van der Waals surface area (Å²) in [6, 6.07) is 11.0. The average Bonchev–Trinajstić information content (AvgIpc) is 2.81. The topological polar surface area (TPSA) is 69.1 Å². The van der Waals surface area contributed by atoms with Crippen LogP contribution in [0.2, 0.25) is 0 Å². The number of nitrogens with zero attached hydrogens (tertiary/aromatic N) is 1. The fourth-order valence-electron chi connectivity index (χ4n) is 1.86. The van der Waals surface area contributed by atoms with E-state index in [1.807, 2.05) is 0 Å². The first-order valence-corrected chi connectivity index (χ1v) is 7.22. The lowest BCUT2D eigenvalue weighted by molar-refractivity contribution is 0.477. The van der Waals surface area contributed by atoms with Crippen molar-refractivity contribution in [1.29, 1.82) is 0 Å². The van der Waals surface area contributed by atoms with Gasteiger partial charge in [-0.15, -0.1) is 0 Å². The van der Waals surface area contributed by atoms with Crippen LogP contribution in [0.5, 0.6) is 0 Å². The van der Waals surface area contributed by atoms with Gasteiger partial charge in [0.05, 0.1) is 5.75 Å². The predicted molar refractivity (Wildman–Crippen MR) is 74.9 cm³/mol. The zero-order valence-corrected chi connectivity index (χ0v) is 11.2. The van der Waals surface area contributed by atoms with Crippen molar-refractivity contribution in [3.05, 3.63) is 53.8 Å². The minimum Gasteiger partial charge on any atom is -0.430 e. The summed E-state index contributed by atoms with van der Waals surface area (Å²) in [5.41, 5.74) is 7.94. The number of hydrogen-bond donors (Lipinski definition) is 1. The molecular formula is C14H11FN2O2S. The van der Waals surface area contributed by atoms with Crippen LogP contribution in [0, 0.1) is 5.82 Å². The summed E-state index contributed by atoms with van der Waals surface area (Å²) in [7, 11) is -1.47. The van der Waals surface area contributed by atoms with Crippen molar-refractivity contribution in [3.63, 3.8) is 0 Å². The highest BCUT2D eigenvalue weighted by atomic mass is 32.2. The molecule has 0 radical (unpaired) electrons. The molecule has 1 aromatic heterocycles. The summed E-state index contributed by atoms with van der Waals surface area (Å²) in [6.45, 7) is 0. The second-order valence-electron chi connectivity index (χ2n) is 4.33. The third kappa shape index (κ3) is 2.55. The Hall–Kier alpha value is -2.21. The summed E-state index contributed by atoms with van der Waals surface area (Å²) in [4.78, 5) is 4.15. The van der Waals surface area contributed by atoms with Crippen molar-refractivity contribution in [2.75, 3.05) is 5.73 Å². The van der Waals surface area contributed by atoms with Crippen LogP contribution in [0.15, 0.2) is 52.1 Å². The first-order chi connectivity index (χ1) is 9.61. The Morgan fingerprint density at radius 2 is 2.10 bits per heavy atom. The molecule has 2 aromatic carbocycles. The molecule has 20 heavy (non-hydrogen) atoms. The van der Waals surface area contributed by atoms with Crippen molar-refractivity contribution in [3.8, 4) is 0 Å². The Bertz CT molecular complexity index is 801. The maximum atomic E-state index is 13.1.